The molecule has 2 rings (SSSR count). The van der Waals surface area contributed by atoms with Gasteiger partial charge in [0.15, 0.2) is 6.61 Å². The molecule has 0 heterocycles. The number of aryl methyl sites for hydroxylation is 1. The topological polar surface area (TPSA) is 67.9 Å². The number of amides is 1. The summed E-state index contributed by atoms with van der Waals surface area (Å²) >= 11 is 0. The molecule has 2 aromatic rings. The van der Waals surface area contributed by atoms with Crippen molar-refractivity contribution in [2.45, 2.75) is 40.5 Å². The van der Waals surface area contributed by atoms with Gasteiger partial charge < -0.3 is 14.8 Å². The summed E-state index contributed by atoms with van der Waals surface area (Å²) in [6.45, 7) is 12.0. The van der Waals surface area contributed by atoms with Crippen LogP contribution in [0.25, 0.3) is 0 Å². The van der Waals surface area contributed by atoms with Crippen molar-refractivity contribution in [3.63, 3.8) is 0 Å². The lowest BCUT2D eigenvalue weighted by Crippen LogP contribution is -2.27. The summed E-state index contributed by atoms with van der Waals surface area (Å²) < 4.78 is 11.1. The summed E-state index contributed by atoms with van der Waals surface area (Å²) in [7, 11) is 0. The van der Waals surface area contributed by atoms with Crippen LogP contribution >= 0.6 is 0 Å². The molecule has 0 unspecified atom stereocenters. The number of anilines is 1. The molecular formula is C24H32N2O4. The molecule has 1 N–H and O–H groups in total. The highest BCUT2D eigenvalue weighted by atomic mass is 16.5. The first kappa shape index (κ1) is 23.4. The highest BCUT2D eigenvalue weighted by Crippen LogP contribution is 2.27. The Morgan fingerprint density at radius 3 is 2.30 bits per heavy atom. The number of rotatable bonds is 10. The highest BCUT2D eigenvalue weighted by molar-refractivity contribution is 5.93. The van der Waals surface area contributed by atoms with Gasteiger partial charge in [0.25, 0.3) is 5.91 Å². The predicted octanol–water partition coefficient (Wildman–Crippen LogP) is 4.59. The lowest BCUT2D eigenvalue weighted by molar-refractivity contribution is -0.118. The van der Waals surface area contributed by atoms with Gasteiger partial charge in [0, 0.05) is 5.69 Å². The van der Waals surface area contributed by atoms with Crippen LogP contribution in [0.1, 0.15) is 55.1 Å². The van der Waals surface area contributed by atoms with Gasteiger partial charge in [-0.3, -0.25) is 9.69 Å². The molecule has 1 amide bonds. The Morgan fingerprint density at radius 2 is 1.70 bits per heavy atom. The number of ether oxygens (including phenoxy) is 2. The SMILES string of the molecule is CCN(CC)COC(=O)c1ccc(NC(=O)COc2cc(C)ccc2C(C)C)cc1. The Morgan fingerprint density at radius 1 is 1.03 bits per heavy atom. The summed E-state index contributed by atoms with van der Waals surface area (Å²) in [5, 5.41) is 2.79. The average molecular weight is 413 g/mol. The third-order valence-corrected chi connectivity index (χ3v) is 4.83. The second-order valence-electron chi connectivity index (χ2n) is 7.47. The van der Waals surface area contributed by atoms with Gasteiger partial charge in [-0.1, -0.05) is 39.8 Å². The van der Waals surface area contributed by atoms with Crippen molar-refractivity contribution in [1.29, 1.82) is 0 Å². The maximum absolute atomic E-state index is 12.3. The van der Waals surface area contributed by atoms with Gasteiger partial charge in [-0.15, -0.1) is 0 Å². The summed E-state index contributed by atoms with van der Waals surface area (Å²) in [5.41, 5.74) is 3.19. The number of esters is 1. The summed E-state index contributed by atoms with van der Waals surface area (Å²) in [4.78, 5) is 26.4. The summed E-state index contributed by atoms with van der Waals surface area (Å²) in [5.74, 6) is 0.385. The van der Waals surface area contributed by atoms with E-state index in [0.29, 0.717) is 17.2 Å². The van der Waals surface area contributed by atoms with Gasteiger partial charge in [0.2, 0.25) is 0 Å². The van der Waals surface area contributed by atoms with E-state index < -0.39 is 0 Å². The van der Waals surface area contributed by atoms with Crippen molar-refractivity contribution < 1.29 is 19.1 Å². The van der Waals surface area contributed by atoms with Gasteiger partial charge >= 0.3 is 5.97 Å². The summed E-state index contributed by atoms with van der Waals surface area (Å²) in [6, 6.07) is 12.6. The Bertz CT molecular complexity index is 843. The fraction of sp³-hybridized carbons (Fsp3) is 0.417. The Kier molecular flexibility index (Phi) is 8.87. The van der Waals surface area contributed by atoms with Gasteiger partial charge in [0.05, 0.1) is 5.56 Å². The van der Waals surface area contributed by atoms with Crippen LogP contribution in [0, 0.1) is 6.92 Å². The number of carbonyl (C=O) groups is 2. The van der Waals surface area contributed by atoms with Crippen LogP contribution in [-0.4, -0.2) is 43.2 Å². The van der Waals surface area contributed by atoms with E-state index in [1.54, 1.807) is 24.3 Å². The molecule has 0 radical (unpaired) electrons. The third kappa shape index (κ3) is 6.88. The fourth-order valence-corrected chi connectivity index (χ4v) is 2.91. The van der Waals surface area contributed by atoms with Gasteiger partial charge in [-0.05, 0) is 67.4 Å². The van der Waals surface area contributed by atoms with E-state index in [9.17, 15) is 9.59 Å². The van der Waals surface area contributed by atoms with E-state index in [-0.39, 0.29) is 25.2 Å². The molecule has 0 fully saturated rings. The van der Waals surface area contributed by atoms with E-state index in [0.717, 1.165) is 30.0 Å². The van der Waals surface area contributed by atoms with Gasteiger partial charge in [0.1, 0.15) is 12.5 Å². The normalized spacial score (nSPS) is 10.9. The molecule has 2 aromatic carbocycles. The quantitative estimate of drug-likeness (QED) is 0.457. The van der Waals surface area contributed by atoms with Crippen LogP contribution in [0.2, 0.25) is 0 Å². The average Bonchev–Trinajstić information content (AvgIpc) is 2.73. The fourth-order valence-electron chi connectivity index (χ4n) is 2.91. The number of hydrogen-bond acceptors (Lipinski definition) is 5. The lowest BCUT2D eigenvalue weighted by atomic mass is 10.0. The third-order valence-electron chi connectivity index (χ3n) is 4.83. The van der Waals surface area contributed by atoms with Crippen molar-refractivity contribution in [1.82, 2.24) is 4.90 Å². The second kappa shape index (κ2) is 11.4. The Labute approximate surface area is 179 Å². The maximum Gasteiger partial charge on any atom is 0.339 e. The minimum atomic E-state index is -0.385. The van der Waals surface area contributed by atoms with Crippen molar-refractivity contribution in [3.8, 4) is 5.75 Å². The van der Waals surface area contributed by atoms with Crippen molar-refractivity contribution >= 4 is 17.6 Å². The van der Waals surface area contributed by atoms with E-state index in [2.05, 4.69) is 19.2 Å². The molecule has 0 atom stereocenters. The molecule has 6 nitrogen and oxygen atoms in total. The first-order chi connectivity index (χ1) is 14.3. The molecule has 0 aromatic heterocycles. The van der Waals surface area contributed by atoms with Crippen molar-refractivity contribution in [2.24, 2.45) is 0 Å². The van der Waals surface area contributed by atoms with Crippen LogP contribution in [0.4, 0.5) is 5.69 Å². The maximum atomic E-state index is 12.3. The van der Waals surface area contributed by atoms with E-state index in [1.165, 1.54) is 0 Å². The number of benzene rings is 2. The summed E-state index contributed by atoms with van der Waals surface area (Å²) in [6.07, 6.45) is 0. The van der Waals surface area contributed by atoms with Crippen molar-refractivity contribution in [2.75, 3.05) is 31.7 Å². The molecule has 0 saturated carbocycles. The molecule has 0 saturated heterocycles. The molecule has 0 aliphatic heterocycles. The molecule has 0 spiro atoms. The first-order valence-corrected chi connectivity index (χ1v) is 10.4. The molecule has 0 bridgehead atoms. The number of carbonyl (C=O) groups excluding carboxylic acids is 2. The van der Waals surface area contributed by atoms with Crippen LogP contribution in [-0.2, 0) is 9.53 Å². The molecule has 0 aliphatic rings. The van der Waals surface area contributed by atoms with Crippen molar-refractivity contribution in [3.05, 3.63) is 59.2 Å². The Hall–Kier alpha value is -2.86. The number of nitrogens with one attached hydrogen (secondary N) is 1. The molecule has 30 heavy (non-hydrogen) atoms. The van der Waals surface area contributed by atoms with Crippen LogP contribution in [0.5, 0.6) is 5.75 Å². The lowest BCUT2D eigenvalue weighted by Gasteiger charge is -2.17. The van der Waals surface area contributed by atoms with Crippen LogP contribution < -0.4 is 10.1 Å². The van der Waals surface area contributed by atoms with E-state index >= 15 is 0 Å². The molecule has 6 heteroatoms. The van der Waals surface area contributed by atoms with Crippen LogP contribution in [0.3, 0.4) is 0 Å². The zero-order chi connectivity index (χ0) is 22.1. The largest absolute Gasteiger partial charge is 0.483 e. The minimum absolute atomic E-state index is 0.0865. The van der Waals surface area contributed by atoms with Gasteiger partial charge in [-0.25, -0.2) is 4.79 Å². The standard InChI is InChI=1S/C24H32N2O4/c1-6-26(7-2)16-30-24(28)19-9-11-20(12-10-19)25-23(27)15-29-22-14-18(5)8-13-21(22)17(3)4/h8-14,17H,6-7,15-16H2,1-5H3,(H,25,27). The zero-order valence-electron chi connectivity index (χ0n) is 18.5. The zero-order valence-corrected chi connectivity index (χ0v) is 18.5. The second-order valence-corrected chi connectivity index (χ2v) is 7.47. The van der Waals surface area contributed by atoms with E-state index in [1.807, 2.05) is 43.9 Å². The Balaban J connectivity index is 1.89. The molecular weight excluding hydrogens is 380 g/mol. The molecule has 0 aliphatic carbocycles. The minimum Gasteiger partial charge on any atom is -0.483 e. The monoisotopic (exact) mass is 412 g/mol. The predicted molar refractivity (Wildman–Crippen MR) is 119 cm³/mol. The highest BCUT2D eigenvalue weighted by Gasteiger charge is 2.12. The van der Waals surface area contributed by atoms with Crippen LogP contribution in [0.15, 0.2) is 42.5 Å². The van der Waals surface area contributed by atoms with Gasteiger partial charge in [-0.2, -0.15) is 0 Å². The van der Waals surface area contributed by atoms with E-state index in [4.69, 9.17) is 9.47 Å². The number of hydrogen-bond donors (Lipinski definition) is 1. The first-order valence-electron chi connectivity index (χ1n) is 10.4. The molecule has 162 valence electrons. The smallest absolute Gasteiger partial charge is 0.339 e. The number of nitrogens with zero attached hydrogens (tertiary/aromatic N) is 1.